The van der Waals surface area contributed by atoms with Gasteiger partial charge in [0, 0.05) is 16.6 Å². The number of hydrogen-bond donors (Lipinski definition) is 1. The van der Waals surface area contributed by atoms with Crippen LogP contribution in [0, 0.1) is 20.8 Å². The maximum Gasteiger partial charge on any atom is 0.188 e. The molecule has 0 aliphatic heterocycles. The lowest BCUT2D eigenvalue weighted by Crippen LogP contribution is -1.94. The highest BCUT2D eigenvalue weighted by molar-refractivity contribution is 7.14. The van der Waals surface area contributed by atoms with Crippen LogP contribution < -0.4 is 5.32 Å². The van der Waals surface area contributed by atoms with Crippen LogP contribution in [0.1, 0.15) is 16.8 Å². The van der Waals surface area contributed by atoms with Crippen molar-refractivity contribution in [2.45, 2.75) is 20.8 Å². The number of hydrogen-bond acceptors (Lipinski definition) is 4. The van der Waals surface area contributed by atoms with E-state index in [0.717, 1.165) is 22.3 Å². The van der Waals surface area contributed by atoms with Gasteiger partial charge in [0.25, 0.3) is 0 Å². The minimum atomic E-state index is 0.830. The normalized spacial score (nSPS) is 10.6. The zero-order valence-corrected chi connectivity index (χ0v) is 13.2. The number of aromatic nitrogens is 2. The summed E-state index contributed by atoms with van der Waals surface area (Å²) in [7, 11) is 0. The predicted octanol–water partition coefficient (Wildman–Crippen LogP) is 4.87. The number of nitrogens with zero attached hydrogens (tertiary/aromatic N) is 2. The Bertz CT molecular complexity index is 777. The van der Waals surface area contributed by atoms with Gasteiger partial charge in [-0.25, -0.2) is 9.97 Å². The molecule has 0 fully saturated rings. The van der Waals surface area contributed by atoms with E-state index < -0.39 is 0 Å². The molecule has 1 N–H and O–H groups in total. The van der Waals surface area contributed by atoms with Crippen molar-refractivity contribution in [1.82, 2.24) is 9.97 Å². The fraction of sp³-hybridized carbons (Fsp3) is 0.176. The molecule has 0 aliphatic carbocycles. The molecule has 0 saturated carbocycles. The average Bonchev–Trinajstić information content (AvgIpc) is 2.87. The Morgan fingerprint density at radius 3 is 2.62 bits per heavy atom. The van der Waals surface area contributed by atoms with Crippen molar-refractivity contribution in [3.8, 4) is 11.3 Å². The summed E-state index contributed by atoms with van der Waals surface area (Å²) in [6.07, 6.45) is 0. The van der Waals surface area contributed by atoms with Crippen LogP contribution in [0.25, 0.3) is 11.3 Å². The first-order valence-electron chi connectivity index (χ1n) is 6.85. The van der Waals surface area contributed by atoms with Crippen LogP contribution in [0.3, 0.4) is 0 Å². The Labute approximate surface area is 128 Å². The minimum absolute atomic E-state index is 0.830. The van der Waals surface area contributed by atoms with E-state index in [9.17, 15) is 0 Å². The zero-order chi connectivity index (χ0) is 14.8. The van der Waals surface area contributed by atoms with Gasteiger partial charge in [0.15, 0.2) is 5.13 Å². The first kappa shape index (κ1) is 13.8. The Morgan fingerprint density at radius 2 is 1.86 bits per heavy atom. The highest BCUT2D eigenvalue weighted by Gasteiger charge is 2.08. The number of aryl methyl sites for hydroxylation is 3. The summed E-state index contributed by atoms with van der Waals surface area (Å²) in [5.41, 5.74) is 5.70. The summed E-state index contributed by atoms with van der Waals surface area (Å²) in [4.78, 5) is 9.10. The van der Waals surface area contributed by atoms with E-state index in [2.05, 4.69) is 52.7 Å². The molecular weight excluding hydrogens is 278 g/mol. The Morgan fingerprint density at radius 1 is 1.00 bits per heavy atom. The Kier molecular flexibility index (Phi) is 3.71. The van der Waals surface area contributed by atoms with Gasteiger partial charge in [-0.05, 0) is 38.5 Å². The van der Waals surface area contributed by atoms with Crippen LogP contribution in [0.15, 0.2) is 41.8 Å². The molecular formula is C17H17N3S. The molecule has 0 unspecified atom stereocenters. The highest BCUT2D eigenvalue weighted by Crippen LogP contribution is 2.29. The van der Waals surface area contributed by atoms with Gasteiger partial charge in [-0.15, -0.1) is 11.3 Å². The lowest BCUT2D eigenvalue weighted by Gasteiger charge is -2.04. The molecule has 2 heterocycles. The van der Waals surface area contributed by atoms with Gasteiger partial charge >= 0.3 is 0 Å². The molecule has 3 aromatic rings. The van der Waals surface area contributed by atoms with Crippen LogP contribution >= 0.6 is 11.3 Å². The van der Waals surface area contributed by atoms with E-state index in [0.29, 0.717) is 0 Å². The van der Waals surface area contributed by atoms with Gasteiger partial charge in [-0.1, -0.05) is 29.8 Å². The summed E-state index contributed by atoms with van der Waals surface area (Å²) in [6, 6.07) is 12.4. The van der Waals surface area contributed by atoms with Gasteiger partial charge in [0.05, 0.1) is 5.69 Å². The number of benzene rings is 1. The van der Waals surface area contributed by atoms with Crippen LogP contribution in [-0.2, 0) is 0 Å². The number of anilines is 2. The maximum absolute atomic E-state index is 4.66. The third-order valence-electron chi connectivity index (χ3n) is 3.29. The van der Waals surface area contributed by atoms with Crippen molar-refractivity contribution in [2.75, 3.05) is 5.32 Å². The molecule has 1 aromatic carbocycles. The summed E-state index contributed by atoms with van der Waals surface area (Å²) in [5, 5.41) is 6.21. The molecule has 21 heavy (non-hydrogen) atoms. The molecule has 0 radical (unpaired) electrons. The van der Waals surface area contributed by atoms with Gasteiger partial charge in [-0.3, -0.25) is 0 Å². The van der Waals surface area contributed by atoms with Crippen LogP contribution in [0.4, 0.5) is 10.9 Å². The molecule has 0 saturated heterocycles. The van der Waals surface area contributed by atoms with Gasteiger partial charge in [0.2, 0.25) is 0 Å². The van der Waals surface area contributed by atoms with Crippen LogP contribution in [-0.4, -0.2) is 9.97 Å². The average molecular weight is 295 g/mol. The van der Waals surface area contributed by atoms with Crippen molar-refractivity contribution >= 4 is 22.3 Å². The number of thiazole rings is 1. The largest absolute Gasteiger partial charge is 0.316 e. The van der Waals surface area contributed by atoms with Crippen molar-refractivity contribution in [2.24, 2.45) is 0 Å². The van der Waals surface area contributed by atoms with E-state index in [1.54, 1.807) is 11.3 Å². The second-order valence-electron chi connectivity index (χ2n) is 5.15. The first-order chi connectivity index (χ1) is 10.1. The first-order valence-corrected chi connectivity index (χ1v) is 7.73. The van der Waals surface area contributed by atoms with E-state index in [1.165, 1.54) is 16.7 Å². The highest BCUT2D eigenvalue weighted by atomic mass is 32.1. The summed E-state index contributed by atoms with van der Waals surface area (Å²) in [5.74, 6) is 0.830. The molecule has 3 rings (SSSR count). The molecule has 0 aliphatic rings. The van der Waals surface area contributed by atoms with Crippen molar-refractivity contribution in [3.63, 3.8) is 0 Å². The standard InChI is InChI=1S/C17H17N3S/c1-11-7-8-14(12(2)9-11)15-10-21-17(19-15)20-16-6-4-5-13(3)18-16/h4-10H,1-3H3,(H,18,19,20). The molecule has 4 heteroatoms. The number of pyridine rings is 1. The second kappa shape index (κ2) is 5.66. The second-order valence-corrected chi connectivity index (χ2v) is 6.00. The smallest absolute Gasteiger partial charge is 0.188 e. The molecule has 0 bridgehead atoms. The molecule has 3 nitrogen and oxygen atoms in total. The SMILES string of the molecule is Cc1ccc(-c2csc(Nc3cccc(C)n3)n2)c(C)c1. The minimum Gasteiger partial charge on any atom is -0.316 e. The quantitative estimate of drug-likeness (QED) is 0.748. The molecule has 106 valence electrons. The van der Waals surface area contributed by atoms with E-state index in [4.69, 9.17) is 0 Å². The van der Waals surface area contributed by atoms with Crippen molar-refractivity contribution in [3.05, 3.63) is 58.6 Å². The number of rotatable bonds is 3. The summed E-state index contributed by atoms with van der Waals surface area (Å²) >= 11 is 1.60. The summed E-state index contributed by atoms with van der Waals surface area (Å²) in [6.45, 7) is 6.21. The zero-order valence-electron chi connectivity index (χ0n) is 12.3. The van der Waals surface area contributed by atoms with Gasteiger partial charge in [-0.2, -0.15) is 0 Å². The number of nitrogens with one attached hydrogen (secondary N) is 1. The van der Waals surface area contributed by atoms with E-state index in [-0.39, 0.29) is 0 Å². The molecule has 0 amide bonds. The third kappa shape index (κ3) is 3.11. The van der Waals surface area contributed by atoms with Gasteiger partial charge < -0.3 is 5.32 Å². The van der Waals surface area contributed by atoms with Crippen molar-refractivity contribution in [1.29, 1.82) is 0 Å². The maximum atomic E-state index is 4.66. The van der Waals surface area contributed by atoms with E-state index in [1.807, 2.05) is 25.1 Å². The van der Waals surface area contributed by atoms with E-state index >= 15 is 0 Å². The summed E-state index contributed by atoms with van der Waals surface area (Å²) < 4.78 is 0. The fourth-order valence-corrected chi connectivity index (χ4v) is 3.00. The fourth-order valence-electron chi connectivity index (χ4n) is 2.28. The molecule has 2 aromatic heterocycles. The third-order valence-corrected chi connectivity index (χ3v) is 4.04. The lowest BCUT2D eigenvalue weighted by molar-refractivity contribution is 1.19. The van der Waals surface area contributed by atoms with Crippen LogP contribution in [0.5, 0.6) is 0 Å². The Hall–Kier alpha value is -2.20. The van der Waals surface area contributed by atoms with Crippen LogP contribution in [0.2, 0.25) is 0 Å². The lowest BCUT2D eigenvalue weighted by atomic mass is 10.0. The topological polar surface area (TPSA) is 37.8 Å². The Balaban J connectivity index is 1.86. The van der Waals surface area contributed by atoms with Crippen molar-refractivity contribution < 1.29 is 0 Å². The van der Waals surface area contributed by atoms with Gasteiger partial charge in [0.1, 0.15) is 5.82 Å². The molecule has 0 spiro atoms. The predicted molar refractivity (Wildman–Crippen MR) is 89.3 cm³/mol. The molecule has 0 atom stereocenters. The monoisotopic (exact) mass is 295 g/mol.